The molecule has 0 spiro atoms. The first-order valence-electron chi connectivity index (χ1n) is 9.07. The van der Waals surface area contributed by atoms with Crippen molar-refractivity contribution in [1.29, 1.82) is 0 Å². The average Bonchev–Trinajstić information content (AvgIpc) is 3.11. The van der Waals surface area contributed by atoms with Crippen molar-refractivity contribution in [2.75, 3.05) is 26.2 Å². The van der Waals surface area contributed by atoms with Crippen LogP contribution in [-0.4, -0.2) is 64.2 Å². The molecule has 0 radical (unpaired) electrons. The summed E-state index contributed by atoms with van der Waals surface area (Å²) in [5, 5.41) is 15.9. The Kier molecular flexibility index (Phi) is 8.23. The predicted molar refractivity (Wildman–Crippen MR) is 104 cm³/mol. The molecular weight excluding hydrogens is 364 g/mol. The Balaban J connectivity index is 0.000000409. The number of benzene rings is 1. The maximum atomic E-state index is 11.8. The lowest BCUT2D eigenvalue weighted by Gasteiger charge is -2.25. The van der Waals surface area contributed by atoms with Gasteiger partial charge in [0.2, 0.25) is 0 Å². The van der Waals surface area contributed by atoms with Gasteiger partial charge in [0, 0.05) is 35.3 Å². The fourth-order valence-electron chi connectivity index (χ4n) is 2.90. The molecule has 1 saturated heterocycles. The van der Waals surface area contributed by atoms with E-state index in [9.17, 15) is 4.79 Å². The second-order valence-electron chi connectivity index (χ2n) is 6.30. The quantitative estimate of drug-likeness (QED) is 0.408. The van der Waals surface area contributed by atoms with E-state index in [0.717, 1.165) is 36.1 Å². The summed E-state index contributed by atoms with van der Waals surface area (Å²) in [5.74, 6) is -3.92. The summed E-state index contributed by atoms with van der Waals surface area (Å²) < 4.78 is 5.28. The van der Waals surface area contributed by atoms with E-state index in [1.165, 1.54) is 25.3 Å². The standard InChI is InChI=1S/C18H22N2O2.C2H2O4/c21-18(22-13-12-20-10-4-1-5-11-20)9-8-15-14-19-17-7-3-2-6-16(15)17;3-1(4)2(5)6/h2-3,6-9,14,19H,1,4-5,10-13H2;(H,3,4)(H,5,6)/b9-8+;. The number of carbonyl (C=O) groups is 3. The van der Waals surface area contributed by atoms with Crippen LogP contribution in [0.15, 0.2) is 36.5 Å². The van der Waals surface area contributed by atoms with Crippen molar-refractivity contribution in [3.8, 4) is 0 Å². The van der Waals surface area contributed by atoms with Gasteiger partial charge in [-0.25, -0.2) is 14.4 Å². The number of nitrogens with one attached hydrogen (secondary N) is 1. The van der Waals surface area contributed by atoms with Crippen molar-refractivity contribution in [3.05, 3.63) is 42.1 Å². The first kappa shape index (κ1) is 21.2. The first-order chi connectivity index (χ1) is 13.5. The molecule has 0 bridgehead atoms. The van der Waals surface area contributed by atoms with E-state index in [1.807, 2.05) is 36.5 Å². The number of H-pyrrole nitrogens is 1. The lowest BCUT2D eigenvalue weighted by Crippen LogP contribution is -2.33. The number of rotatable bonds is 5. The summed E-state index contributed by atoms with van der Waals surface area (Å²) >= 11 is 0. The number of nitrogens with zero attached hydrogens (tertiary/aromatic N) is 1. The van der Waals surface area contributed by atoms with Gasteiger partial charge in [-0.15, -0.1) is 0 Å². The van der Waals surface area contributed by atoms with Gasteiger partial charge in [-0.2, -0.15) is 0 Å². The third-order valence-electron chi connectivity index (χ3n) is 4.30. The SMILES string of the molecule is O=C(/C=C/c1c[nH]c2ccccc12)OCCN1CCCCC1.O=C(O)C(=O)O. The van der Waals surface area contributed by atoms with Crippen LogP contribution >= 0.6 is 0 Å². The number of hydrogen-bond donors (Lipinski definition) is 3. The molecule has 8 nitrogen and oxygen atoms in total. The van der Waals surface area contributed by atoms with Crippen molar-refractivity contribution in [2.24, 2.45) is 0 Å². The van der Waals surface area contributed by atoms with E-state index in [4.69, 9.17) is 24.5 Å². The summed E-state index contributed by atoms with van der Waals surface area (Å²) in [7, 11) is 0. The number of aromatic amines is 1. The Morgan fingerprint density at radius 3 is 2.43 bits per heavy atom. The molecule has 0 saturated carbocycles. The van der Waals surface area contributed by atoms with Crippen molar-refractivity contribution in [1.82, 2.24) is 9.88 Å². The number of aromatic nitrogens is 1. The minimum Gasteiger partial charge on any atom is -0.473 e. The van der Waals surface area contributed by atoms with E-state index in [0.29, 0.717) is 6.61 Å². The van der Waals surface area contributed by atoms with Crippen molar-refractivity contribution >= 4 is 34.9 Å². The minimum absolute atomic E-state index is 0.276. The van der Waals surface area contributed by atoms with Gasteiger partial charge in [-0.05, 0) is 38.1 Å². The van der Waals surface area contributed by atoms with Crippen LogP contribution in [0.4, 0.5) is 0 Å². The molecule has 1 aliphatic heterocycles. The van der Waals surface area contributed by atoms with Crippen LogP contribution in [0.2, 0.25) is 0 Å². The van der Waals surface area contributed by atoms with Crippen LogP contribution in [0.5, 0.6) is 0 Å². The third-order valence-corrected chi connectivity index (χ3v) is 4.30. The molecule has 8 heteroatoms. The van der Waals surface area contributed by atoms with Gasteiger partial charge in [0.25, 0.3) is 0 Å². The number of esters is 1. The van der Waals surface area contributed by atoms with Gasteiger partial charge < -0.3 is 19.9 Å². The van der Waals surface area contributed by atoms with Gasteiger partial charge in [0.05, 0.1) is 0 Å². The molecule has 2 heterocycles. The predicted octanol–water partition coefficient (Wildman–Crippen LogP) is 2.37. The summed E-state index contributed by atoms with van der Waals surface area (Å²) in [6.45, 7) is 3.56. The maximum Gasteiger partial charge on any atom is 0.414 e. The Bertz CT molecular complexity index is 824. The zero-order chi connectivity index (χ0) is 20.4. The molecule has 3 rings (SSSR count). The molecule has 28 heavy (non-hydrogen) atoms. The lowest BCUT2D eigenvalue weighted by molar-refractivity contribution is -0.159. The fourth-order valence-corrected chi connectivity index (χ4v) is 2.90. The zero-order valence-corrected chi connectivity index (χ0v) is 15.5. The van der Waals surface area contributed by atoms with E-state index in [1.54, 1.807) is 0 Å². The molecule has 0 aliphatic carbocycles. The highest BCUT2D eigenvalue weighted by Gasteiger charge is 2.10. The van der Waals surface area contributed by atoms with Crippen LogP contribution in [0.3, 0.4) is 0 Å². The highest BCUT2D eigenvalue weighted by atomic mass is 16.5. The largest absolute Gasteiger partial charge is 0.473 e. The number of carboxylic acid groups (broad SMARTS) is 2. The van der Waals surface area contributed by atoms with E-state index < -0.39 is 11.9 Å². The molecular formula is C20H24N2O6. The van der Waals surface area contributed by atoms with Crippen molar-refractivity contribution < 1.29 is 29.3 Å². The highest BCUT2D eigenvalue weighted by molar-refractivity contribution is 6.27. The fraction of sp³-hybridized carbons (Fsp3) is 0.350. The van der Waals surface area contributed by atoms with Crippen molar-refractivity contribution in [3.63, 3.8) is 0 Å². The number of aliphatic carboxylic acids is 2. The number of para-hydroxylation sites is 1. The van der Waals surface area contributed by atoms with Gasteiger partial charge in [-0.3, -0.25) is 4.90 Å². The van der Waals surface area contributed by atoms with Gasteiger partial charge in [0.1, 0.15) is 6.61 Å². The summed E-state index contributed by atoms with van der Waals surface area (Å²) in [4.78, 5) is 35.5. The number of ether oxygens (including phenoxy) is 1. The van der Waals surface area contributed by atoms with Crippen LogP contribution in [0.25, 0.3) is 17.0 Å². The van der Waals surface area contributed by atoms with Crippen molar-refractivity contribution in [2.45, 2.75) is 19.3 Å². The van der Waals surface area contributed by atoms with Gasteiger partial charge >= 0.3 is 17.9 Å². The molecule has 1 aromatic heterocycles. The summed E-state index contributed by atoms with van der Waals surface area (Å²) in [6.07, 6.45) is 9.06. The van der Waals surface area contributed by atoms with Gasteiger partial charge in [-0.1, -0.05) is 24.6 Å². The summed E-state index contributed by atoms with van der Waals surface area (Å²) in [6, 6.07) is 8.03. The number of likely N-dealkylation sites (tertiary alicyclic amines) is 1. The first-order valence-corrected chi connectivity index (χ1v) is 9.07. The number of hydrogen-bond acceptors (Lipinski definition) is 5. The molecule has 150 valence electrons. The Hall–Kier alpha value is -3.13. The molecule has 0 atom stereocenters. The maximum absolute atomic E-state index is 11.8. The molecule has 3 N–H and O–H groups in total. The molecule has 1 aliphatic rings. The van der Waals surface area contributed by atoms with Gasteiger partial charge in [0.15, 0.2) is 0 Å². The molecule has 0 amide bonds. The second kappa shape index (κ2) is 10.9. The number of carbonyl (C=O) groups excluding carboxylic acids is 1. The number of piperidine rings is 1. The topological polar surface area (TPSA) is 120 Å². The van der Waals surface area contributed by atoms with E-state index in [2.05, 4.69) is 9.88 Å². The molecule has 1 fully saturated rings. The normalized spacial score (nSPS) is 14.4. The van der Waals surface area contributed by atoms with E-state index in [-0.39, 0.29) is 5.97 Å². The van der Waals surface area contributed by atoms with Crippen LogP contribution < -0.4 is 0 Å². The lowest BCUT2D eigenvalue weighted by atomic mass is 10.1. The van der Waals surface area contributed by atoms with Crippen LogP contribution in [0, 0.1) is 0 Å². The third kappa shape index (κ3) is 6.88. The number of fused-ring (bicyclic) bond motifs is 1. The number of carboxylic acids is 2. The average molecular weight is 388 g/mol. The smallest absolute Gasteiger partial charge is 0.414 e. The van der Waals surface area contributed by atoms with E-state index >= 15 is 0 Å². The Labute approximate surface area is 162 Å². The highest BCUT2D eigenvalue weighted by Crippen LogP contribution is 2.18. The van der Waals surface area contributed by atoms with Crippen LogP contribution in [-0.2, 0) is 19.1 Å². The Morgan fingerprint density at radius 2 is 1.75 bits per heavy atom. The second-order valence-corrected chi connectivity index (χ2v) is 6.30. The minimum atomic E-state index is -1.82. The summed E-state index contributed by atoms with van der Waals surface area (Å²) in [5.41, 5.74) is 2.07. The van der Waals surface area contributed by atoms with Crippen LogP contribution in [0.1, 0.15) is 24.8 Å². The Morgan fingerprint density at radius 1 is 1.07 bits per heavy atom. The zero-order valence-electron chi connectivity index (χ0n) is 15.5. The molecule has 1 aromatic carbocycles. The molecule has 0 unspecified atom stereocenters. The molecule has 2 aromatic rings. The monoisotopic (exact) mass is 388 g/mol.